The second kappa shape index (κ2) is 6.40. The van der Waals surface area contributed by atoms with E-state index in [4.69, 9.17) is 4.74 Å². The Morgan fingerprint density at radius 1 is 1.35 bits per heavy atom. The summed E-state index contributed by atoms with van der Waals surface area (Å²) < 4.78 is 5.25. The van der Waals surface area contributed by atoms with Gasteiger partial charge in [0.25, 0.3) is 0 Å². The van der Waals surface area contributed by atoms with E-state index in [2.05, 4.69) is 0 Å². The number of amides is 1. The molecule has 0 radical (unpaired) electrons. The molecule has 1 unspecified atom stereocenters. The molecule has 0 spiro atoms. The van der Waals surface area contributed by atoms with E-state index in [1.54, 1.807) is 30.0 Å². The number of ether oxygens (including phenoxy) is 1. The molecule has 1 heterocycles. The highest BCUT2D eigenvalue weighted by Gasteiger charge is 2.42. The number of ketones is 1. The van der Waals surface area contributed by atoms with Crippen LogP contribution in [0, 0.1) is 5.41 Å². The maximum absolute atomic E-state index is 12.5. The summed E-state index contributed by atoms with van der Waals surface area (Å²) in [7, 11) is 1.51. The van der Waals surface area contributed by atoms with Crippen LogP contribution < -0.4 is 4.74 Å². The fraction of sp³-hybridized carbons (Fsp3) is 0.471. The second-order valence-electron chi connectivity index (χ2n) is 6.19. The standard InChI is InChI=1S/C17H21NO5/c1-11(19)12-4-5-14(23-3)13(8-12)9-15(20)18-7-6-17(2,10-18)16(21)22/h4-5,8H,6-7,9-10H2,1-3H3,(H,21,22). The molecule has 0 aromatic heterocycles. The Morgan fingerprint density at radius 3 is 2.57 bits per heavy atom. The number of rotatable bonds is 5. The summed E-state index contributed by atoms with van der Waals surface area (Å²) >= 11 is 0. The van der Waals surface area contributed by atoms with Gasteiger partial charge in [-0.3, -0.25) is 14.4 Å². The fourth-order valence-electron chi connectivity index (χ4n) is 2.76. The lowest BCUT2D eigenvalue weighted by molar-refractivity contribution is -0.147. The highest BCUT2D eigenvalue weighted by molar-refractivity contribution is 5.94. The third-order valence-electron chi connectivity index (χ3n) is 4.37. The number of hydrogen-bond acceptors (Lipinski definition) is 4. The molecular weight excluding hydrogens is 298 g/mol. The average Bonchev–Trinajstić information content (AvgIpc) is 2.91. The number of carboxylic acid groups (broad SMARTS) is 1. The number of nitrogens with zero attached hydrogens (tertiary/aromatic N) is 1. The minimum absolute atomic E-state index is 0.0824. The molecule has 1 saturated heterocycles. The Morgan fingerprint density at radius 2 is 2.04 bits per heavy atom. The van der Waals surface area contributed by atoms with Crippen molar-refractivity contribution in [2.24, 2.45) is 5.41 Å². The van der Waals surface area contributed by atoms with Crippen LogP contribution in [-0.4, -0.2) is 47.9 Å². The van der Waals surface area contributed by atoms with Gasteiger partial charge < -0.3 is 14.7 Å². The summed E-state index contributed by atoms with van der Waals surface area (Å²) in [4.78, 5) is 36.8. The van der Waals surface area contributed by atoms with Gasteiger partial charge in [-0.25, -0.2) is 0 Å². The largest absolute Gasteiger partial charge is 0.496 e. The van der Waals surface area contributed by atoms with Crippen LogP contribution in [0.25, 0.3) is 0 Å². The highest BCUT2D eigenvalue weighted by atomic mass is 16.5. The molecule has 6 heteroatoms. The van der Waals surface area contributed by atoms with Crippen LogP contribution in [0.5, 0.6) is 5.75 Å². The number of carboxylic acids is 1. The van der Waals surface area contributed by atoms with Crippen LogP contribution in [0.3, 0.4) is 0 Å². The van der Waals surface area contributed by atoms with Gasteiger partial charge in [-0.1, -0.05) is 0 Å². The quantitative estimate of drug-likeness (QED) is 0.836. The van der Waals surface area contributed by atoms with Gasteiger partial charge in [0, 0.05) is 24.2 Å². The summed E-state index contributed by atoms with van der Waals surface area (Å²) in [6.45, 7) is 3.75. The molecule has 0 aliphatic carbocycles. The van der Waals surface area contributed by atoms with Gasteiger partial charge in [0.05, 0.1) is 18.9 Å². The first-order valence-corrected chi connectivity index (χ1v) is 7.46. The van der Waals surface area contributed by atoms with Crippen LogP contribution in [0.4, 0.5) is 0 Å². The SMILES string of the molecule is COc1ccc(C(C)=O)cc1CC(=O)N1CCC(C)(C(=O)O)C1. The summed E-state index contributed by atoms with van der Waals surface area (Å²) in [5, 5.41) is 9.25. The average molecular weight is 319 g/mol. The van der Waals surface area contributed by atoms with Gasteiger partial charge in [-0.05, 0) is 38.5 Å². The molecule has 0 saturated carbocycles. The van der Waals surface area contributed by atoms with Gasteiger partial charge in [0.1, 0.15) is 5.75 Å². The van der Waals surface area contributed by atoms with Gasteiger partial charge in [-0.15, -0.1) is 0 Å². The third-order valence-corrected chi connectivity index (χ3v) is 4.37. The van der Waals surface area contributed by atoms with Crippen molar-refractivity contribution in [3.63, 3.8) is 0 Å². The Balaban J connectivity index is 2.16. The van der Waals surface area contributed by atoms with Crippen LogP contribution in [-0.2, 0) is 16.0 Å². The van der Waals surface area contributed by atoms with E-state index >= 15 is 0 Å². The van der Waals surface area contributed by atoms with E-state index in [0.29, 0.717) is 29.8 Å². The smallest absolute Gasteiger partial charge is 0.311 e. The van der Waals surface area contributed by atoms with Crippen molar-refractivity contribution in [2.75, 3.05) is 20.2 Å². The van der Waals surface area contributed by atoms with E-state index in [0.717, 1.165) is 0 Å². The zero-order chi connectivity index (χ0) is 17.2. The molecule has 23 heavy (non-hydrogen) atoms. The lowest BCUT2D eigenvalue weighted by Crippen LogP contribution is -2.35. The number of carbonyl (C=O) groups excluding carboxylic acids is 2. The minimum Gasteiger partial charge on any atom is -0.496 e. The van der Waals surface area contributed by atoms with Crippen LogP contribution in [0.2, 0.25) is 0 Å². The van der Waals surface area contributed by atoms with E-state index in [1.807, 2.05) is 0 Å². The first-order valence-electron chi connectivity index (χ1n) is 7.46. The van der Waals surface area contributed by atoms with Crippen LogP contribution in [0.15, 0.2) is 18.2 Å². The molecule has 1 aromatic rings. The molecule has 1 atom stereocenters. The molecule has 6 nitrogen and oxygen atoms in total. The summed E-state index contributed by atoms with van der Waals surface area (Å²) in [6, 6.07) is 4.99. The maximum Gasteiger partial charge on any atom is 0.311 e. The molecule has 1 aliphatic heterocycles. The predicted octanol–water partition coefficient (Wildman–Crippen LogP) is 1.76. The summed E-state index contributed by atoms with van der Waals surface area (Å²) in [6.07, 6.45) is 0.526. The summed E-state index contributed by atoms with van der Waals surface area (Å²) in [5.74, 6) is -0.581. The number of Topliss-reactive ketones (excluding diaryl/α,β-unsaturated/α-hetero) is 1. The molecule has 0 bridgehead atoms. The summed E-state index contributed by atoms with van der Waals surface area (Å²) in [5.41, 5.74) is 0.264. The monoisotopic (exact) mass is 319 g/mol. The van der Waals surface area contributed by atoms with Crippen molar-refractivity contribution >= 4 is 17.7 Å². The van der Waals surface area contributed by atoms with Crippen LogP contribution in [0.1, 0.15) is 36.2 Å². The molecule has 124 valence electrons. The lowest BCUT2D eigenvalue weighted by Gasteiger charge is -2.20. The van der Waals surface area contributed by atoms with E-state index < -0.39 is 11.4 Å². The highest BCUT2D eigenvalue weighted by Crippen LogP contribution is 2.31. The number of hydrogen-bond donors (Lipinski definition) is 1. The van der Waals surface area contributed by atoms with Gasteiger partial charge >= 0.3 is 5.97 Å². The Hall–Kier alpha value is -2.37. The van der Waals surface area contributed by atoms with E-state index in [-0.39, 0.29) is 24.7 Å². The molecule has 2 rings (SSSR count). The third kappa shape index (κ3) is 3.52. The van der Waals surface area contributed by atoms with Crippen molar-refractivity contribution in [2.45, 2.75) is 26.7 Å². The predicted molar refractivity (Wildman–Crippen MR) is 83.6 cm³/mol. The minimum atomic E-state index is -0.888. The Kier molecular flexibility index (Phi) is 4.73. The number of carbonyl (C=O) groups is 3. The van der Waals surface area contributed by atoms with Gasteiger partial charge in [0.15, 0.2) is 5.78 Å². The number of likely N-dealkylation sites (tertiary alicyclic amines) is 1. The Bertz CT molecular complexity index is 654. The number of benzene rings is 1. The first-order chi connectivity index (χ1) is 10.8. The van der Waals surface area contributed by atoms with E-state index in [1.165, 1.54) is 14.0 Å². The van der Waals surface area contributed by atoms with Crippen molar-refractivity contribution in [3.05, 3.63) is 29.3 Å². The normalized spacial score (nSPS) is 20.4. The maximum atomic E-state index is 12.5. The van der Waals surface area contributed by atoms with Gasteiger partial charge in [0.2, 0.25) is 5.91 Å². The lowest BCUT2D eigenvalue weighted by atomic mass is 9.90. The van der Waals surface area contributed by atoms with Crippen molar-refractivity contribution in [1.82, 2.24) is 4.90 Å². The van der Waals surface area contributed by atoms with Gasteiger partial charge in [-0.2, -0.15) is 0 Å². The van der Waals surface area contributed by atoms with Crippen molar-refractivity contribution in [3.8, 4) is 5.75 Å². The molecule has 1 amide bonds. The molecule has 1 N–H and O–H groups in total. The molecule has 1 aromatic carbocycles. The zero-order valence-electron chi connectivity index (χ0n) is 13.6. The first kappa shape index (κ1) is 17.0. The van der Waals surface area contributed by atoms with Crippen molar-refractivity contribution in [1.29, 1.82) is 0 Å². The molecule has 1 aliphatic rings. The topological polar surface area (TPSA) is 83.9 Å². The Labute approximate surface area is 135 Å². The van der Waals surface area contributed by atoms with E-state index in [9.17, 15) is 19.5 Å². The molecule has 1 fully saturated rings. The zero-order valence-corrected chi connectivity index (χ0v) is 13.6. The van der Waals surface area contributed by atoms with Crippen LogP contribution >= 0.6 is 0 Å². The fourth-order valence-corrected chi connectivity index (χ4v) is 2.76. The van der Waals surface area contributed by atoms with Crippen molar-refractivity contribution < 1.29 is 24.2 Å². The number of methoxy groups -OCH3 is 1. The second-order valence-corrected chi connectivity index (χ2v) is 6.19. The number of aliphatic carboxylic acids is 1. The molecular formula is C17H21NO5.